The number of fused-ring (bicyclic) bond motifs is 1. The van der Waals surface area contributed by atoms with Gasteiger partial charge >= 0.3 is 5.97 Å². The number of hydrogen-bond donors (Lipinski definition) is 1. The maximum absolute atomic E-state index is 13.7. The summed E-state index contributed by atoms with van der Waals surface area (Å²) < 4.78 is 17.1. The molecule has 0 bridgehead atoms. The fourth-order valence-corrected chi connectivity index (χ4v) is 5.67. The third kappa shape index (κ3) is 6.28. The molecule has 1 atom stereocenters. The number of amidine groups is 1. The van der Waals surface area contributed by atoms with Crippen LogP contribution >= 0.6 is 11.8 Å². The first kappa shape index (κ1) is 28.0. The van der Waals surface area contributed by atoms with Gasteiger partial charge in [0.2, 0.25) is 5.91 Å². The highest BCUT2D eigenvalue weighted by Gasteiger charge is 2.42. The maximum atomic E-state index is 13.7. The van der Waals surface area contributed by atoms with Gasteiger partial charge in [0.05, 0.1) is 38.0 Å². The number of benzene rings is 2. The van der Waals surface area contributed by atoms with E-state index in [1.165, 1.54) is 11.8 Å². The van der Waals surface area contributed by atoms with Crippen molar-refractivity contribution in [2.24, 2.45) is 4.99 Å². The monoisotopic (exact) mass is 570 g/mol. The number of nitrogens with one attached hydrogen (secondary N) is 1. The van der Waals surface area contributed by atoms with Crippen LogP contribution < -0.4 is 14.8 Å². The Hall–Kier alpha value is -4.57. The van der Waals surface area contributed by atoms with Gasteiger partial charge in [-0.25, -0.2) is 9.79 Å². The molecule has 210 valence electrons. The van der Waals surface area contributed by atoms with Crippen molar-refractivity contribution < 1.29 is 23.8 Å². The lowest BCUT2D eigenvalue weighted by Gasteiger charge is -2.37. The molecule has 0 spiro atoms. The summed E-state index contributed by atoms with van der Waals surface area (Å²) in [6, 6.07) is 18.0. The normalized spacial score (nSPS) is 16.0. The highest BCUT2D eigenvalue weighted by Crippen LogP contribution is 2.47. The summed E-state index contributed by atoms with van der Waals surface area (Å²) in [5.74, 6) is 0.501. The fourth-order valence-electron chi connectivity index (χ4n) is 4.71. The van der Waals surface area contributed by atoms with Crippen LogP contribution in [-0.4, -0.2) is 41.1 Å². The van der Waals surface area contributed by atoms with E-state index in [1.807, 2.05) is 58.8 Å². The number of thioether (sulfide) groups is 1. The van der Waals surface area contributed by atoms with Gasteiger partial charge in [-0.15, -0.1) is 0 Å². The summed E-state index contributed by atoms with van der Waals surface area (Å²) >= 11 is 1.41. The van der Waals surface area contributed by atoms with Crippen LogP contribution in [-0.2, 0) is 27.5 Å². The first-order chi connectivity index (χ1) is 20.0. The van der Waals surface area contributed by atoms with Crippen molar-refractivity contribution in [3.05, 3.63) is 112 Å². The van der Waals surface area contributed by atoms with Gasteiger partial charge in [0.25, 0.3) is 0 Å². The van der Waals surface area contributed by atoms with Crippen molar-refractivity contribution >= 4 is 28.8 Å². The summed E-state index contributed by atoms with van der Waals surface area (Å²) in [5.41, 5.74) is 4.06. The predicted octanol–water partition coefficient (Wildman–Crippen LogP) is 5.12. The molecule has 0 fully saturated rings. The average molecular weight is 571 g/mol. The molecule has 1 amide bonds. The maximum Gasteiger partial charge on any atom is 0.338 e. The summed E-state index contributed by atoms with van der Waals surface area (Å²) in [5, 5.41) is 5.51. The van der Waals surface area contributed by atoms with Gasteiger partial charge < -0.3 is 24.4 Å². The van der Waals surface area contributed by atoms with Crippen molar-refractivity contribution in [1.29, 1.82) is 0 Å². The zero-order valence-electron chi connectivity index (χ0n) is 23.0. The van der Waals surface area contributed by atoms with Gasteiger partial charge in [-0.1, -0.05) is 48.2 Å². The molecule has 2 aromatic carbocycles. The quantitative estimate of drug-likeness (QED) is 0.335. The molecular weight excluding hydrogens is 540 g/mol. The predicted molar refractivity (Wildman–Crippen MR) is 157 cm³/mol. The topological polar surface area (TPSA) is 102 Å². The number of nitrogens with zero attached hydrogens (tertiary/aromatic N) is 3. The molecule has 5 rings (SSSR count). The van der Waals surface area contributed by atoms with Crippen LogP contribution in [0.5, 0.6) is 11.5 Å². The molecule has 0 radical (unpaired) electrons. The second-order valence-electron chi connectivity index (χ2n) is 9.38. The Morgan fingerprint density at radius 3 is 2.56 bits per heavy atom. The Bertz CT molecular complexity index is 1520. The van der Waals surface area contributed by atoms with Gasteiger partial charge in [-0.2, -0.15) is 0 Å². The Morgan fingerprint density at radius 2 is 1.83 bits per heavy atom. The number of esters is 1. The third-order valence-electron chi connectivity index (χ3n) is 6.72. The van der Waals surface area contributed by atoms with Crippen molar-refractivity contribution in [2.45, 2.75) is 32.5 Å². The van der Waals surface area contributed by atoms with E-state index in [0.717, 1.165) is 11.1 Å². The number of aromatic nitrogens is 1. The number of allylic oxidation sites excluding steroid dienone is 1. The van der Waals surface area contributed by atoms with Gasteiger partial charge in [0.1, 0.15) is 18.1 Å². The van der Waals surface area contributed by atoms with E-state index in [2.05, 4.69) is 10.3 Å². The van der Waals surface area contributed by atoms with E-state index in [0.29, 0.717) is 45.7 Å². The second kappa shape index (κ2) is 12.7. The number of carbonyl (C=O) groups excluding carboxylic acids is 2. The molecule has 0 saturated heterocycles. The first-order valence-electron chi connectivity index (χ1n) is 13.0. The lowest BCUT2D eigenvalue weighted by molar-refractivity contribution is -0.141. The van der Waals surface area contributed by atoms with Gasteiger partial charge in [0.15, 0.2) is 5.17 Å². The van der Waals surface area contributed by atoms with Gasteiger partial charge in [0, 0.05) is 30.2 Å². The Kier molecular flexibility index (Phi) is 8.69. The largest absolute Gasteiger partial charge is 0.497 e. The van der Waals surface area contributed by atoms with Crippen LogP contribution in [0.4, 0.5) is 0 Å². The van der Waals surface area contributed by atoms with Crippen molar-refractivity contribution in [3.63, 3.8) is 0 Å². The van der Waals surface area contributed by atoms with E-state index >= 15 is 0 Å². The van der Waals surface area contributed by atoms with E-state index in [-0.39, 0.29) is 18.9 Å². The zero-order chi connectivity index (χ0) is 28.8. The van der Waals surface area contributed by atoms with E-state index in [4.69, 9.17) is 19.2 Å². The van der Waals surface area contributed by atoms with Crippen LogP contribution in [0.15, 0.2) is 100 Å². The van der Waals surface area contributed by atoms with Crippen LogP contribution in [0, 0.1) is 0 Å². The number of hydrogen-bond acceptors (Lipinski definition) is 9. The first-order valence-corrected chi connectivity index (χ1v) is 13.9. The molecule has 1 unspecified atom stereocenters. The van der Waals surface area contributed by atoms with Crippen LogP contribution in [0.25, 0.3) is 0 Å². The molecule has 3 aromatic rings. The minimum Gasteiger partial charge on any atom is -0.497 e. The SMILES string of the molecule is COc1ccc(OC)c(C2C(C(=O)OCc3ccccc3)=C(C)N=C3SC=C(CC(=O)NCc4cccnc4)N32)c1. The molecule has 0 aliphatic carbocycles. The standard InChI is InChI=1S/C31H30N4O5S/c1-20-28(30(37)40-18-21-8-5-4-6-9-21)29(25-15-24(38-2)11-12-26(25)39-3)35-23(19-41-31(35)34-20)14-27(36)33-17-22-10-7-13-32-16-22/h4-13,15-16,19,29H,14,17-18H2,1-3H3,(H,33,36). The highest BCUT2D eigenvalue weighted by molar-refractivity contribution is 8.16. The van der Waals surface area contributed by atoms with E-state index < -0.39 is 12.0 Å². The highest BCUT2D eigenvalue weighted by atomic mass is 32.2. The summed E-state index contributed by atoms with van der Waals surface area (Å²) in [6.45, 7) is 2.27. The number of pyridine rings is 1. The van der Waals surface area contributed by atoms with Crippen molar-refractivity contribution in [2.75, 3.05) is 14.2 Å². The van der Waals surface area contributed by atoms with Gasteiger partial charge in [-0.05, 0) is 47.7 Å². The fraction of sp³-hybridized carbons (Fsp3) is 0.226. The van der Waals surface area contributed by atoms with Crippen LogP contribution in [0.2, 0.25) is 0 Å². The number of methoxy groups -OCH3 is 2. The number of ether oxygens (including phenoxy) is 3. The Labute approximate surface area is 242 Å². The number of rotatable bonds is 10. The molecule has 10 heteroatoms. The second-order valence-corrected chi connectivity index (χ2v) is 10.2. The molecule has 1 aromatic heterocycles. The van der Waals surface area contributed by atoms with Crippen LogP contribution in [0.3, 0.4) is 0 Å². The molecule has 41 heavy (non-hydrogen) atoms. The average Bonchev–Trinajstić information content (AvgIpc) is 3.40. The summed E-state index contributed by atoms with van der Waals surface area (Å²) in [6.07, 6.45) is 3.49. The van der Waals surface area contributed by atoms with E-state index in [1.54, 1.807) is 45.7 Å². The minimum absolute atomic E-state index is 0.0838. The zero-order valence-corrected chi connectivity index (χ0v) is 23.8. The molecule has 1 N–H and O–H groups in total. The molecular formula is C31H30N4O5S. The van der Waals surface area contributed by atoms with Crippen molar-refractivity contribution in [1.82, 2.24) is 15.2 Å². The van der Waals surface area contributed by atoms with Crippen molar-refractivity contribution in [3.8, 4) is 11.5 Å². The van der Waals surface area contributed by atoms with Crippen LogP contribution in [0.1, 0.15) is 36.1 Å². The lowest BCUT2D eigenvalue weighted by Crippen LogP contribution is -2.38. The Morgan fingerprint density at radius 1 is 1.02 bits per heavy atom. The minimum atomic E-state index is -0.664. The third-order valence-corrected chi connectivity index (χ3v) is 7.61. The summed E-state index contributed by atoms with van der Waals surface area (Å²) in [4.78, 5) is 37.6. The molecule has 2 aliphatic rings. The molecule has 0 saturated carbocycles. The molecule has 2 aliphatic heterocycles. The summed E-state index contributed by atoms with van der Waals surface area (Å²) in [7, 11) is 3.16. The number of carbonyl (C=O) groups is 2. The number of aliphatic imine (C=N–C) groups is 1. The van der Waals surface area contributed by atoms with E-state index in [9.17, 15) is 9.59 Å². The van der Waals surface area contributed by atoms with Gasteiger partial charge in [-0.3, -0.25) is 9.78 Å². The molecule has 9 nitrogen and oxygen atoms in total. The molecule has 3 heterocycles. The smallest absolute Gasteiger partial charge is 0.338 e. The Balaban J connectivity index is 1.47. The number of amides is 1. The lowest BCUT2D eigenvalue weighted by atomic mass is 9.92.